The first-order valence-corrected chi connectivity index (χ1v) is 12.3. The number of hydrogen-bond acceptors (Lipinski definition) is 6. The lowest BCUT2D eigenvalue weighted by molar-refractivity contribution is -0.384. The first-order chi connectivity index (χ1) is 16.1. The lowest BCUT2D eigenvalue weighted by atomic mass is 10.0. The van der Waals surface area contributed by atoms with Gasteiger partial charge in [-0.25, -0.2) is 13.4 Å². The Morgan fingerprint density at radius 3 is 2.50 bits per heavy atom. The molecule has 0 radical (unpaired) electrons. The van der Waals surface area contributed by atoms with Gasteiger partial charge >= 0.3 is 6.55 Å². The maximum atomic E-state index is 13.8. The van der Waals surface area contributed by atoms with E-state index >= 15 is 0 Å². The van der Waals surface area contributed by atoms with Crippen molar-refractivity contribution in [3.63, 3.8) is 0 Å². The summed E-state index contributed by atoms with van der Waals surface area (Å²) in [6.07, 6.45) is 1.45. The number of alkyl halides is 2. The highest BCUT2D eigenvalue weighted by Crippen LogP contribution is 2.34. The molecule has 12 heteroatoms. The monoisotopic (exact) mass is 493 g/mol. The summed E-state index contributed by atoms with van der Waals surface area (Å²) in [6, 6.07) is 9.21. The van der Waals surface area contributed by atoms with E-state index < -0.39 is 33.2 Å². The van der Waals surface area contributed by atoms with Gasteiger partial charge in [-0.05, 0) is 49.9 Å². The predicted molar refractivity (Wildman–Crippen MR) is 123 cm³/mol. The minimum absolute atomic E-state index is 0.00429. The lowest BCUT2D eigenvalue weighted by Gasteiger charge is -2.29. The van der Waals surface area contributed by atoms with Crippen LogP contribution in [0.4, 0.5) is 20.2 Å². The highest BCUT2D eigenvalue weighted by molar-refractivity contribution is 7.89. The van der Waals surface area contributed by atoms with Crippen LogP contribution in [0.25, 0.3) is 11.0 Å². The number of nitrogens with one attached hydrogen (secondary N) is 1. The number of fused-ring (bicyclic) bond motifs is 1. The molecule has 1 aliphatic heterocycles. The predicted octanol–water partition coefficient (Wildman–Crippen LogP) is 4.93. The molecule has 34 heavy (non-hydrogen) atoms. The van der Waals surface area contributed by atoms with Crippen LogP contribution in [0.1, 0.15) is 45.1 Å². The fourth-order valence-electron chi connectivity index (χ4n) is 4.19. The maximum Gasteiger partial charge on any atom is 0.320 e. The summed E-state index contributed by atoms with van der Waals surface area (Å²) in [6.45, 7) is 1.47. The molecular weight excluding hydrogens is 468 g/mol. The van der Waals surface area contributed by atoms with Gasteiger partial charge < -0.3 is 5.32 Å². The summed E-state index contributed by atoms with van der Waals surface area (Å²) in [5.74, 6) is 0.427. The maximum absolute atomic E-state index is 13.8. The number of nitro benzene ring substituents is 1. The fourth-order valence-corrected chi connectivity index (χ4v) is 5.68. The van der Waals surface area contributed by atoms with E-state index in [1.807, 2.05) is 0 Å². The molecule has 2 heterocycles. The number of anilines is 1. The number of para-hydroxylation sites is 2. The second-order valence-corrected chi connectivity index (χ2v) is 10.4. The van der Waals surface area contributed by atoms with Gasteiger partial charge in [-0.3, -0.25) is 14.7 Å². The number of imidazole rings is 1. The van der Waals surface area contributed by atoms with Gasteiger partial charge in [0.15, 0.2) is 0 Å². The molecule has 0 spiro atoms. The van der Waals surface area contributed by atoms with Gasteiger partial charge in [-0.15, -0.1) is 0 Å². The topological polar surface area (TPSA) is 110 Å². The number of nitro groups is 1. The Hall–Kier alpha value is -3.12. The van der Waals surface area contributed by atoms with Crippen molar-refractivity contribution in [1.82, 2.24) is 13.9 Å². The molecule has 0 aliphatic carbocycles. The molecular formula is C22H25F2N5O4S. The number of benzene rings is 2. The minimum atomic E-state index is -3.89. The number of rotatable bonds is 7. The molecule has 1 fully saturated rings. The van der Waals surface area contributed by atoms with E-state index in [1.54, 1.807) is 25.1 Å². The van der Waals surface area contributed by atoms with Crippen molar-refractivity contribution in [3.8, 4) is 0 Å². The second kappa shape index (κ2) is 9.26. The zero-order valence-electron chi connectivity index (χ0n) is 18.7. The lowest BCUT2D eigenvalue weighted by Crippen LogP contribution is -2.37. The Labute approximate surface area is 195 Å². The molecule has 1 N–H and O–H groups in total. The average molecular weight is 494 g/mol. The SMILES string of the molecule is CC1CCN(S(=O)(=O)c2ccc(N[C@@H](C)c3nc4ccccc4n3C(F)F)c([N+](=O)[O-])c2)CC1. The number of piperidine rings is 1. The van der Waals surface area contributed by atoms with Gasteiger partial charge in [0, 0.05) is 19.2 Å². The Morgan fingerprint density at radius 1 is 1.18 bits per heavy atom. The standard InChI is InChI=1S/C22H25F2N5O4S/c1-14-9-11-27(12-10-14)34(32,33)16-7-8-18(20(13-16)29(30)31)25-15(2)21-26-17-5-3-4-6-19(17)28(21)22(23)24/h3-8,13-15,22,25H,9-12H2,1-2H3/t15-/m0/s1. The van der Waals surface area contributed by atoms with E-state index in [0.717, 1.165) is 23.5 Å². The van der Waals surface area contributed by atoms with E-state index in [0.29, 0.717) is 24.5 Å². The molecule has 4 rings (SSSR count). The van der Waals surface area contributed by atoms with Gasteiger partial charge in [-0.2, -0.15) is 13.1 Å². The fraction of sp³-hybridized carbons (Fsp3) is 0.409. The van der Waals surface area contributed by atoms with Crippen LogP contribution < -0.4 is 5.32 Å². The Bertz CT molecular complexity index is 1320. The van der Waals surface area contributed by atoms with Crippen LogP contribution in [-0.4, -0.2) is 40.3 Å². The van der Waals surface area contributed by atoms with Crippen LogP contribution >= 0.6 is 0 Å². The van der Waals surface area contributed by atoms with Gasteiger partial charge in [0.1, 0.15) is 11.5 Å². The van der Waals surface area contributed by atoms with Crippen LogP contribution in [0.15, 0.2) is 47.4 Å². The molecule has 1 saturated heterocycles. The summed E-state index contributed by atoms with van der Waals surface area (Å²) in [5.41, 5.74) is 0.167. The third-order valence-corrected chi connectivity index (χ3v) is 8.02. The molecule has 9 nitrogen and oxygen atoms in total. The van der Waals surface area contributed by atoms with Crippen LogP contribution in [-0.2, 0) is 10.0 Å². The van der Waals surface area contributed by atoms with Gasteiger partial charge in [0.05, 0.1) is 26.9 Å². The molecule has 2 aromatic carbocycles. The largest absolute Gasteiger partial charge is 0.370 e. The zero-order valence-corrected chi connectivity index (χ0v) is 19.5. The van der Waals surface area contributed by atoms with Crippen LogP contribution in [0, 0.1) is 16.0 Å². The molecule has 0 unspecified atom stereocenters. The van der Waals surface area contributed by atoms with E-state index in [2.05, 4.69) is 17.2 Å². The average Bonchev–Trinajstić information content (AvgIpc) is 3.19. The van der Waals surface area contributed by atoms with Crippen molar-refractivity contribution in [2.75, 3.05) is 18.4 Å². The molecule has 0 amide bonds. The molecule has 0 saturated carbocycles. The molecule has 182 valence electrons. The van der Waals surface area contributed by atoms with Crippen LogP contribution in [0.3, 0.4) is 0 Å². The van der Waals surface area contributed by atoms with E-state index in [-0.39, 0.29) is 21.9 Å². The Morgan fingerprint density at radius 2 is 1.85 bits per heavy atom. The van der Waals surface area contributed by atoms with E-state index in [1.165, 1.54) is 22.5 Å². The highest BCUT2D eigenvalue weighted by Gasteiger charge is 2.31. The zero-order chi connectivity index (χ0) is 24.6. The van der Waals surface area contributed by atoms with E-state index in [9.17, 15) is 27.3 Å². The van der Waals surface area contributed by atoms with Crippen LogP contribution in [0.2, 0.25) is 0 Å². The molecule has 1 aliphatic rings. The minimum Gasteiger partial charge on any atom is -0.370 e. The van der Waals surface area contributed by atoms with Gasteiger partial charge in [0.25, 0.3) is 5.69 Å². The summed E-state index contributed by atoms with van der Waals surface area (Å²) < 4.78 is 55.8. The first kappa shape index (κ1) is 24.0. The number of sulfonamides is 1. The number of hydrogen-bond donors (Lipinski definition) is 1. The Balaban J connectivity index is 1.66. The van der Waals surface area contributed by atoms with Gasteiger partial charge in [-0.1, -0.05) is 19.1 Å². The third-order valence-electron chi connectivity index (χ3n) is 6.12. The number of aromatic nitrogens is 2. The van der Waals surface area contributed by atoms with Crippen molar-refractivity contribution < 1.29 is 22.1 Å². The number of nitrogens with zero attached hydrogens (tertiary/aromatic N) is 4. The quantitative estimate of drug-likeness (QED) is 0.369. The normalized spacial score (nSPS) is 16.7. The van der Waals surface area contributed by atoms with E-state index in [4.69, 9.17) is 0 Å². The van der Waals surface area contributed by atoms with Crippen molar-refractivity contribution in [3.05, 3.63) is 58.4 Å². The Kier molecular flexibility index (Phi) is 6.54. The number of halogens is 2. The summed E-state index contributed by atoms with van der Waals surface area (Å²) in [5, 5.41) is 14.6. The highest BCUT2D eigenvalue weighted by atomic mass is 32.2. The molecule has 1 atom stereocenters. The molecule has 3 aromatic rings. The first-order valence-electron chi connectivity index (χ1n) is 10.9. The van der Waals surface area contributed by atoms with Crippen LogP contribution in [0.5, 0.6) is 0 Å². The smallest absolute Gasteiger partial charge is 0.320 e. The van der Waals surface area contributed by atoms with Crippen molar-refractivity contribution >= 4 is 32.4 Å². The summed E-state index contributed by atoms with van der Waals surface area (Å²) in [7, 11) is -3.89. The van der Waals surface area contributed by atoms with Crippen molar-refractivity contribution in [2.24, 2.45) is 5.92 Å². The molecule has 1 aromatic heterocycles. The van der Waals surface area contributed by atoms with Crippen molar-refractivity contribution in [1.29, 1.82) is 0 Å². The summed E-state index contributed by atoms with van der Waals surface area (Å²) in [4.78, 5) is 15.2. The molecule has 0 bridgehead atoms. The second-order valence-electron chi connectivity index (χ2n) is 8.50. The third kappa shape index (κ3) is 4.47. The van der Waals surface area contributed by atoms with Crippen molar-refractivity contribution in [2.45, 2.75) is 44.2 Å². The summed E-state index contributed by atoms with van der Waals surface area (Å²) >= 11 is 0. The van der Waals surface area contributed by atoms with Gasteiger partial charge in [0.2, 0.25) is 10.0 Å².